The van der Waals surface area contributed by atoms with E-state index in [2.05, 4.69) is 36.2 Å². The molecule has 3 heteroatoms. The minimum absolute atomic E-state index is 0.353. The Kier molecular flexibility index (Phi) is 18.0. The molecule has 1 rings (SSSR count). The first-order chi connectivity index (χ1) is 15.8. The maximum atomic E-state index is 11.3. The van der Waals surface area contributed by atoms with Gasteiger partial charge >= 0.3 is 5.97 Å². The van der Waals surface area contributed by atoms with Gasteiger partial charge in [-0.2, -0.15) is 0 Å². The molecule has 0 unspecified atom stereocenters. The van der Waals surface area contributed by atoms with E-state index in [1.807, 2.05) is 24.3 Å². The second-order valence-electron chi connectivity index (χ2n) is 8.42. The van der Waals surface area contributed by atoms with E-state index in [0.717, 1.165) is 17.8 Å². The number of allylic oxidation sites excluding steroid dienone is 2. The molecule has 0 atom stereocenters. The van der Waals surface area contributed by atoms with E-state index >= 15 is 0 Å². The Balaban J connectivity index is 1.97. The van der Waals surface area contributed by atoms with Crippen molar-refractivity contribution in [1.29, 1.82) is 0 Å². The molecular formula is C29H45NO2. The molecule has 178 valence electrons. The number of carbonyl (C=O) groups is 1. The smallest absolute Gasteiger partial charge is 0.384 e. The first kappa shape index (κ1) is 27.8. The molecular weight excluding hydrogens is 394 g/mol. The lowest BCUT2D eigenvalue weighted by molar-refractivity contribution is -0.136. The number of nitrogens with one attached hydrogen (secondary N) is 1. The van der Waals surface area contributed by atoms with Crippen molar-refractivity contribution >= 4 is 11.7 Å². The fourth-order valence-electron chi connectivity index (χ4n) is 3.60. The maximum absolute atomic E-state index is 11.3. The Morgan fingerprint density at radius 1 is 0.875 bits per heavy atom. The summed E-state index contributed by atoms with van der Waals surface area (Å²) >= 11 is 0. The van der Waals surface area contributed by atoms with Gasteiger partial charge in [-0.1, -0.05) is 88.8 Å². The molecule has 0 heterocycles. The van der Waals surface area contributed by atoms with Crippen LogP contribution in [-0.4, -0.2) is 19.1 Å². The van der Waals surface area contributed by atoms with E-state index in [0.29, 0.717) is 6.61 Å². The Morgan fingerprint density at radius 2 is 1.50 bits per heavy atom. The van der Waals surface area contributed by atoms with Crippen LogP contribution in [0.2, 0.25) is 0 Å². The van der Waals surface area contributed by atoms with E-state index in [9.17, 15) is 4.79 Å². The van der Waals surface area contributed by atoms with E-state index in [1.165, 1.54) is 89.9 Å². The number of ether oxygens (including phenoxy) is 1. The Hall–Kier alpha value is -2.21. The summed E-state index contributed by atoms with van der Waals surface area (Å²) in [5.41, 5.74) is 1.87. The van der Waals surface area contributed by atoms with E-state index in [1.54, 1.807) is 6.92 Å². The molecule has 0 aliphatic heterocycles. The van der Waals surface area contributed by atoms with Gasteiger partial charge in [0.2, 0.25) is 0 Å². The molecule has 0 aliphatic carbocycles. The predicted octanol–water partition coefficient (Wildman–Crippen LogP) is 8.05. The van der Waals surface area contributed by atoms with Gasteiger partial charge in [0.15, 0.2) is 0 Å². The SMILES string of the molecule is CCCCCCCCC=CCCCCCCCCNc1cccc(C#CC(=O)OCC)c1. The highest BCUT2D eigenvalue weighted by Gasteiger charge is 1.96. The summed E-state index contributed by atoms with van der Waals surface area (Å²) in [6, 6.07) is 7.88. The van der Waals surface area contributed by atoms with Gasteiger partial charge in [0.05, 0.1) is 6.61 Å². The summed E-state index contributed by atoms with van der Waals surface area (Å²) in [4.78, 5) is 11.3. The fourth-order valence-corrected chi connectivity index (χ4v) is 3.60. The van der Waals surface area contributed by atoms with E-state index in [4.69, 9.17) is 4.74 Å². The first-order valence-electron chi connectivity index (χ1n) is 12.9. The molecule has 1 aromatic carbocycles. The molecule has 0 radical (unpaired) electrons. The number of unbranched alkanes of at least 4 members (excludes halogenated alkanes) is 12. The zero-order valence-corrected chi connectivity index (χ0v) is 20.6. The van der Waals surface area contributed by atoms with Crippen LogP contribution in [0.1, 0.15) is 109 Å². The lowest BCUT2D eigenvalue weighted by Crippen LogP contribution is -2.01. The van der Waals surface area contributed by atoms with Gasteiger partial charge in [-0.3, -0.25) is 0 Å². The Bertz CT molecular complexity index is 684. The number of rotatable bonds is 18. The number of anilines is 1. The largest absolute Gasteiger partial charge is 0.456 e. The minimum atomic E-state index is -0.477. The molecule has 32 heavy (non-hydrogen) atoms. The van der Waals surface area contributed by atoms with E-state index in [-0.39, 0.29) is 0 Å². The molecule has 0 aromatic heterocycles. The topological polar surface area (TPSA) is 38.3 Å². The first-order valence-corrected chi connectivity index (χ1v) is 12.9. The van der Waals surface area contributed by atoms with Crippen LogP contribution in [0, 0.1) is 11.8 Å². The van der Waals surface area contributed by atoms with Crippen LogP contribution in [-0.2, 0) is 9.53 Å². The quantitative estimate of drug-likeness (QED) is 0.109. The minimum Gasteiger partial charge on any atom is -0.456 e. The highest BCUT2D eigenvalue weighted by Crippen LogP contribution is 2.12. The number of hydrogen-bond acceptors (Lipinski definition) is 3. The zero-order valence-electron chi connectivity index (χ0n) is 20.6. The summed E-state index contributed by atoms with van der Waals surface area (Å²) in [6.07, 6.45) is 23.4. The van der Waals surface area contributed by atoms with Gasteiger partial charge in [0.25, 0.3) is 0 Å². The molecule has 0 saturated carbocycles. The van der Waals surface area contributed by atoms with Gasteiger partial charge in [-0.25, -0.2) is 4.79 Å². The van der Waals surface area contributed by atoms with E-state index < -0.39 is 5.97 Å². The third kappa shape index (κ3) is 16.5. The van der Waals surface area contributed by atoms with Crippen LogP contribution >= 0.6 is 0 Å². The van der Waals surface area contributed by atoms with Gasteiger partial charge in [0.1, 0.15) is 0 Å². The van der Waals surface area contributed by atoms with Crippen molar-refractivity contribution in [1.82, 2.24) is 0 Å². The van der Waals surface area contributed by atoms with Crippen LogP contribution in [0.15, 0.2) is 36.4 Å². The molecule has 0 aliphatic rings. The Labute approximate surface area is 197 Å². The van der Waals surface area contributed by atoms with Gasteiger partial charge in [-0.05, 0) is 57.2 Å². The highest BCUT2D eigenvalue weighted by atomic mass is 16.5. The molecule has 0 spiro atoms. The lowest BCUT2D eigenvalue weighted by atomic mass is 10.1. The second-order valence-corrected chi connectivity index (χ2v) is 8.42. The summed E-state index contributed by atoms with van der Waals surface area (Å²) < 4.78 is 4.83. The molecule has 0 saturated heterocycles. The Morgan fingerprint density at radius 3 is 2.16 bits per heavy atom. The van der Waals surface area contributed by atoms with Crippen molar-refractivity contribution in [3.8, 4) is 11.8 Å². The molecule has 1 aromatic rings. The molecule has 3 nitrogen and oxygen atoms in total. The summed E-state index contributed by atoms with van der Waals surface area (Å²) in [7, 11) is 0. The number of benzene rings is 1. The summed E-state index contributed by atoms with van der Waals surface area (Å²) in [5.74, 6) is 4.89. The van der Waals surface area contributed by atoms with Crippen molar-refractivity contribution in [2.45, 2.75) is 104 Å². The van der Waals surface area contributed by atoms with Crippen molar-refractivity contribution in [2.24, 2.45) is 0 Å². The van der Waals surface area contributed by atoms with Gasteiger partial charge in [0, 0.05) is 23.7 Å². The van der Waals surface area contributed by atoms with Crippen molar-refractivity contribution < 1.29 is 9.53 Å². The van der Waals surface area contributed by atoms with Gasteiger partial charge in [-0.15, -0.1) is 0 Å². The maximum Gasteiger partial charge on any atom is 0.384 e. The third-order valence-electron chi connectivity index (χ3n) is 5.46. The third-order valence-corrected chi connectivity index (χ3v) is 5.46. The number of esters is 1. The number of carbonyl (C=O) groups excluding carboxylic acids is 1. The highest BCUT2D eigenvalue weighted by molar-refractivity contribution is 5.89. The standard InChI is InChI=1S/C29H45NO2/c1-3-5-6-7-8-9-10-11-12-13-14-15-16-17-18-19-25-30-28-22-20-21-27(26-28)23-24-29(31)32-4-2/h11-12,20-22,26,30H,3-10,13-19,25H2,1-2H3. The van der Waals surface area contributed by atoms with Crippen LogP contribution in [0.3, 0.4) is 0 Å². The van der Waals surface area contributed by atoms with Gasteiger partial charge < -0.3 is 10.1 Å². The van der Waals surface area contributed by atoms with Crippen LogP contribution < -0.4 is 5.32 Å². The zero-order chi connectivity index (χ0) is 23.1. The summed E-state index contributed by atoms with van der Waals surface area (Å²) in [5, 5.41) is 3.45. The van der Waals surface area contributed by atoms with Crippen molar-refractivity contribution in [2.75, 3.05) is 18.5 Å². The van der Waals surface area contributed by atoms with Crippen molar-refractivity contribution in [3.63, 3.8) is 0 Å². The average Bonchev–Trinajstić information content (AvgIpc) is 2.80. The van der Waals surface area contributed by atoms with Crippen LogP contribution in [0.5, 0.6) is 0 Å². The molecule has 1 N–H and O–H groups in total. The monoisotopic (exact) mass is 439 g/mol. The van der Waals surface area contributed by atoms with Crippen LogP contribution in [0.25, 0.3) is 0 Å². The lowest BCUT2D eigenvalue weighted by Gasteiger charge is -2.06. The average molecular weight is 440 g/mol. The normalized spacial score (nSPS) is 10.7. The van der Waals surface area contributed by atoms with Crippen molar-refractivity contribution in [3.05, 3.63) is 42.0 Å². The van der Waals surface area contributed by atoms with Crippen LogP contribution in [0.4, 0.5) is 5.69 Å². The fraction of sp³-hybridized carbons (Fsp3) is 0.621. The second kappa shape index (κ2) is 20.7. The number of hydrogen-bond donors (Lipinski definition) is 1. The molecule has 0 amide bonds. The molecule has 0 bridgehead atoms. The summed E-state index contributed by atoms with van der Waals surface area (Å²) in [6.45, 7) is 5.37. The molecule has 0 fully saturated rings. The predicted molar refractivity (Wildman–Crippen MR) is 138 cm³/mol.